The van der Waals surface area contributed by atoms with Crippen LogP contribution in [0.5, 0.6) is 0 Å². The van der Waals surface area contributed by atoms with E-state index in [1.54, 1.807) is 0 Å². The lowest BCUT2D eigenvalue weighted by Gasteiger charge is -2.19. The SMILES string of the molecule is Cc1nn(CC(CS)C(C)C)c(C)c1Br. The highest BCUT2D eigenvalue weighted by Gasteiger charge is 2.16. The summed E-state index contributed by atoms with van der Waals surface area (Å²) < 4.78 is 3.21. The third kappa shape index (κ3) is 3.00. The Labute approximate surface area is 106 Å². The van der Waals surface area contributed by atoms with Crippen molar-refractivity contribution < 1.29 is 0 Å². The first kappa shape index (κ1) is 13.1. The summed E-state index contributed by atoms with van der Waals surface area (Å²) in [5.74, 6) is 2.14. The van der Waals surface area contributed by atoms with Gasteiger partial charge in [-0.3, -0.25) is 4.68 Å². The van der Waals surface area contributed by atoms with E-state index in [2.05, 4.69) is 59.1 Å². The van der Waals surface area contributed by atoms with E-state index in [-0.39, 0.29) is 0 Å². The fraction of sp³-hybridized carbons (Fsp3) is 0.727. The molecule has 1 atom stereocenters. The van der Waals surface area contributed by atoms with Gasteiger partial charge in [0.05, 0.1) is 10.2 Å². The van der Waals surface area contributed by atoms with Crippen molar-refractivity contribution in [2.75, 3.05) is 5.75 Å². The fourth-order valence-electron chi connectivity index (χ4n) is 1.55. The average molecular weight is 291 g/mol. The van der Waals surface area contributed by atoms with Gasteiger partial charge in [0.15, 0.2) is 0 Å². The number of aryl methyl sites for hydroxylation is 1. The lowest BCUT2D eigenvalue weighted by Crippen LogP contribution is -2.19. The molecule has 0 saturated carbocycles. The predicted octanol–water partition coefficient (Wildman–Crippen LogP) is 3.46. The summed E-state index contributed by atoms with van der Waals surface area (Å²) in [6, 6.07) is 0. The molecule has 1 heterocycles. The Morgan fingerprint density at radius 3 is 2.33 bits per heavy atom. The van der Waals surface area contributed by atoms with Crippen LogP contribution >= 0.6 is 28.6 Å². The van der Waals surface area contributed by atoms with E-state index in [0.29, 0.717) is 11.8 Å². The molecule has 15 heavy (non-hydrogen) atoms. The summed E-state index contributed by atoms with van der Waals surface area (Å²) in [5.41, 5.74) is 2.27. The molecule has 0 aliphatic carbocycles. The molecular weight excluding hydrogens is 272 g/mol. The van der Waals surface area contributed by atoms with Crippen molar-refractivity contribution in [3.8, 4) is 0 Å². The van der Waals surface area contributed by atoms with Gasteiger partial charge in [-0.25, -0.2) is 0 Å². The summed E-state index contributed by atoms with van der Waals surface area (Å²) in [4.78, 5) is 0. The first-order valence-corrected chi connectivity index (χ1v) is 6.70. The Kier molecular flexibility index (Phi) is 4.71. The molecule has 0 aliphatic heterocycles. The Hall–Kier alpha value is 0.0400. The van der Waals surface area contributed by atoms with Crippen molar-refractivity contribution in [3.05, 3.63) is 15.9 Å². The summed E-state index contributed by atoms with van der Waals surface area (Å²) >= 11 is 7.95. The van der Waals surface area contributed by atoms with Gasteiger partial charge in [-0.05, 0) is 47.4 Å². The molecule has 86 valence electrons. The lowest BCUT2D eigenvalue weighted by molar-refractivity contribution is 0.351. The predicted molar refractivity (Wildman–Crippen MR) is 71.6 cm³/mol. The number of hydrogen-bond acceptors (Lipinski definition) is 2. The number of thiol groups is 1. The van der Waals surface area contributed by atoms with E-state index in [1.807, 2.05) is 6.92 Å². The van der Waals surface area contributed by atoms with Crippen LogP contribution in [0.15, 0.2) is 4.47 Å². The maximum absolute atomic E-state index is 4.52. The second-order valence-electron chi connectivity index (χ2n) is 4.35. The molecule has 0 bridgehead atoms. The normalized spacial score (nSPS) is 13.5. The molecule has 4 heteroatoms. The number of rotatable bonds is 4. The molecule has 2 nitrogen and oxygen atoms in total. The van der Waals surface area contributed by atoms with Crippen LogP contribution in [-0.4, -0.2) is 15.5 Å². The quantitative estimate of drug-likeness (QED) is 0.841. The van der Waals surface area contributed by atoms with Gasteiger partial charge in [-0.15, -0.1) is 0 Å². The van der Waals surface area contributed by atoms with Crippen molar-refractivity contribution >= 4 is 28.6 Å². The highest BCUT2D eigenvalue weighted by molar-refractivity contribution is 9.10. The molecule has 0 amide bonds. The van der Waals surface area contributed by atoms with Gasteiger partial charge in [0.2, 0.25) is 0 Å². The Bertz CT molecular complexity index is 334. The van der Waals surface area contributed by atoms with Crippen molar-refractivity contribution in [1.29, 1.82) is 0 Å². The fourth-order valence-corrected chi connectivity index (χ4v) is 2.38. The summed E-state index contributed by atoms with van der Waals surface area (Å²) in [5, 5.41) is 4.52. The number of halogens is 1. The van der Waals surface area contributed by atoms with E-state index in [1.165, 1.54) is 5.69 Å². The van der Waals surface area contributed by atoms with E-state index in [9.17, 15) is 0 Å². The molecule has 0 aromatic carbocycles. The van der Waals surface area contributed by atoms with Crippen LogP contribution in [0.2, 0.25) is 0 Å². The minimum Gasteiger partial charge on any atom is -0.268 e. The molecule has 0 radical (unpaired) electrons. The average Bonchev–Trinajstić information content (AvgIpc) is 2.42. The molecule has 0 fully saturated rings. The van der Waals surface area contributed by atoms with Crippen LogP contribution in [0.3, 0.4) is 0 Å². The van der Waals surface area contributed by atoms with Crippen molar-refractivity contribution in [1.82, 2.24) is 9.78 Å². The molecule has 1 rings (SSSR count). The third-order valence-corrected chi connectivity index (χ3v) is 4.49. The highest BCUT2D eigenvalue weighted by atomic mass is 79.9. The van der Waals surface area contributed by atoms with Crippen LogP contribution in [0.4, 0.5) is 0 Å². The van der Waals surface area contributed by atoms with Crippen molar-refractivity contribution in [2.24, 2.45) is 11.8 Å². The third-order valence-electron chi connectivity index (χ3n) is 2.88. The Balaban J connectivity index is 2.84. The molecule has 0 aliphatic rings. The maximum atomic E-state index is 4.52. The molecule has 0 saturated heterocycles. The standard InChI is InChI=1S/C11H19BrN2S/c1-7(2)10(6-15)5-14-9(4)11(12)8(3)13-14/h7,10,15H,5-6H2,1-4H3. The van der Waals surface area contributed by atoms with Crippen LogP contribution in [-0.2, 0) is 6.54 Å². The largest absolute Gasteiger partial charge is 0.268 e. The van der Waals surface area contributed by atoms with Gasteiger partial charge in [-0.1, -0.05) is 13.8 Å². The van der Waals surface area contributed by atoms with Gasteiger partial charge in [0.25, 0.3) is 0 Å². The summed E-state index contributed by atoms with van der Waals surface area (Å²) in [7, 11) is 0. The topological polar surface area (TPSA) is 17.8 Å². The molecule has 1 aromatic rings. The van der Waals surface area contributed by atoms with E-state index in [4.69, 9.17) is 0 Å². The van der Waals surface area contributed by atoms with Crippen molar-refractivity contribution in [3.63, 3.8) is 0 Å². The summed E-state index contributed by atoms with van der Waals surface area (Å²) in [6.07, 6.45) is 0. The number of aromatic nitrogens is 2. The van der Waals surface area contributed by atoms with Crippen LogP contribution in [0, 0.1) is 25.7 Å². The minimum atomic E-state index is 0.582. The van der Waals surface area contributed by atoms with Crippen LogP contribution < -0.4 is 0 Å². The first-order chi connectivity index (χ1) is 6.97. The first-order valence-electron chi connectivity index (χ1n) is 5.27. The van der Waals surface area contributed by atoms with Gasteiger partial charge in [0.1, 0.15) is 0 Å². The van der Waals surface area contributed by atoms with Gasteiger partial charge < -0.3 is 0 Å². The van der Waals surface area contributed by atoms with Gasteiger partial charge in [0, 0.05) is 12.2 Å². The molecule has 1 unspecified atom stereocenters. The monoisotopic (exact) mass is 290 g/mol. The molecule has 0 N–H and O–H groups in total. The second kappa shape index (κ2) is 5.39. The molecule has 1 aromatic heterocycles. The lowest BCUT2D eigenvalue weighted by atomic mass is 9.98. The van der Waals surface area contributed by atoms with E-state index in [0.717, 1.165) is 22.5 Å². The van der Waals surface area contributed by atoms with Gasteiger partial charge >= 0.3 is 0 Å². The molecular formula is C11H19BrN2S. The Morgan fingerprint density at radius 1 is 1.40 bits per heavy atom. The van der Waals surface area contributed by atoms with E-state index >= 15 is 0 Å². The zero-order valence-corrected chi connectivity index (χ0v) is 12.3. The van der Waals surface area contributed by atoms with Crippen LogP contribution in [0.1, 0.15) is 25.2 Å². The second-order valence-corrected chi connectivity index (χ2v) is 5.51. The smallest absolute Gasteiger partial charge is 0.0738 e. The zero-order valence-electron chi connectivity index (χ0n) is 9.79. The van der Waals surface area contributed by atoms with Gasteiger partial charge in [-0.2, -0.15) is 17.7 Å². The number of hydrogen-bond donors (Lipinski definition) is 1. The van der Waals surface area contributed by atoms with Crippen LogP contribution in [0.25, 0.3) is 0 Å². The highest BCUT2D eigenvalue weighted by Crippen LogP contribution is 2.22. The zero-order chi connectivity index (χ0) is 11.6. The van der Waals surface area contributed by atoms with Crippen molar-refractivity contribution in [2.45, 2.75) is 34.2 Å². The summed E-state index contributed by atoms with van der Waals surface area (Å²) in [6.45, 7) is 9.56. The molecule has 0 spiro atoms. The maximum Gasteiger partial charge on any atom is 0.0738 e. The number of nitrogens with zero attached hydrogens (tertiary/aromatic N) is 2. The Morgan fingerprint density at radius 2 is 2.00 bits per heavy atom. The van der Waals surface area contributed by atoms with E-state index < -0.39 is 0 Å². The minimum absolute atomic E-state index is 0.582.